The van der Waals surface area contributed by atoms with Crippen LogP contribution in [0.25, 0.3) is 5.57 Å². The summed E-state index contributed by atoms with van der Waals surface area (Å²) < 4.78 is 0. The highest BCUT2D eigenvalue weighted by Crippen LogP contribution is 2.39. The highest BCUT2D eigenvalue weighted by molar-refractivity contribution is 6.30. The van der Waals surface area contributed by atoms with E-state index in [1.165, 1.54) is 11.1 Å². The predicted molar refractivity (Wildman–Crippen MR) is 66.1 cm³/mol. The van der Waals surface area contributed by atoms with Gasteiger partial charge in [0, 0.05) is 11.6 Å². The third-order valence-corrected chi connectivity index (χ3v) is 3.72. The number of hydrogen-bond donors (Lipinski definition) is 2. The fourth-order valence-corrected chi connectivity index (χ4v) is 2.91. The van der Waals surface area contributed by atoms with Crippen molar-refractivity contribution >= 4 is 23.1 Å². The lowest BCUT2D eigenvalue weighted by atomic mass is 9.95. The zero-order chi connectivity index (χ0) is 12.0. The van der Waals surface area contributed by atoms with Gasteiger partial charge < -0.3 is 10.4 Å². The number of nitrogens with one attached hydrogen (secondary N) is 1. The number of carboxylic acid groups (broad SMARTS) is 1. The van der Waals surface area contributed by atoms with Crippen molar-refractivity contribution in [1.82, 2.24) is 5.32 Å². The summed E-state index contributed by atoms with van der Waals surface area (Å²) in [5.41, 5.74) is 4.50. The third kappa shape index (κ3) is 1.66. The van der Waals surface area contributed by atoms with Crippen LogP contribution in [0.5, 0.6) is 0 Å². The van der Waals surface area contributed by atoms with Crippen molar-refractivity contribution in [1.29, 1.82) is 0 Å². The zero-order valence-electron chi connectivity index (χ0n) is 9.16. The lowest BCUT2D eigenvalue weighted by molar-refractivity contribution is -0.138. The first-order valence-corrected chi connectivity index (χ1v) is 6.01. The summed E-state index contributed by atoms with van der Waals surface area (Å²) in [6.45, 7) is 0.710. The summed E-state index contributed by atoms with van der Waals surface area (Å²) in [7, 11) is 0. The molecule has 0 bridgehead atoms. The Labute approximate surface area is 104 Å². The van der Waals surface area contributed by atoms with E-state index in [0.717, 1.165) is 24.0 Å². The van der Waals surface area contributed by atoms with Gasteiger partial charge in [0.1, 0.15) is 6.04 Å². The maximum absolute atomic E-state index is 11.2. The van der Waals surface area contributed by atoms with E-state index in [1.807, 2.05) is 18.2 Å². The monoisotopic (exact) mass is 249 g/mol. The largest absolute Gasteiger partial charge is 0.480 e. The molecule has 0 spiro atoms. The van der Waals surface area contributed by atoms with E-state index in [1.54, 1.807) is 0 Å². The maximum atomic E-state index is 11.2. The minimum atomic E-state index is -0.795. The molecule has 4 heteroatoms. The summed E-state index contributed by atoms with van der Waals surface area (Å²) in [4.78, 5) is 11.2. The Hall–Kier alpha value is -1.32. The Kier molecular flexibility index (Phi) is 2.45. The van der Waals surface area contributed by atoms with Crippen LogP contribution in [-0.2, 0) is 11.2 Å². The van der Waals surface area contributed by atoms with Crippen LogP contribution >= 0.6 is 11.6 Å². The van der Waals surface area contributed by atoms with Gasteiger partial charge in [-0.3, -0.25) is 4.79 Å². The Morgan fingerprint density at radius 1 is 1.47 bits per heavy atom. The average molecular weight is 250 g/mol. The Morgan fingerprint density at radius 3 is 3.06 bits per heavy atom. The minimum Gasteiger partial charge on any atom is -0.480 e. The van der Waals surface area contributed by atoms with Gasteiger partial charge in [0.05, 0.1) is 0 Å². The summed E-state index contributed by atoms with van der Waals surface area (Å²) in [6.07, 6.45) is 1.61. The predicted octanol–water partition coefficient (Wildman–Crippen LogP) is 2.10. The molecule has 2 N–H and O–H groups in total. The number of carbonyl (C=O) groups is 1. The number of carboxylic acids is 1. The standard InChI is InChI=1S/C13H12ClNO2/c14-8-2-1-7-5-11-9(10(7)6-8)3-4-15-12(11)13(16)17/h1-2,6,12,15H,3-5H2,(H,16,17). The highest BCUT2D eigenvalue weighted by atomic mass is 35.5. The molecule has 1 heterocycles. The van der Waals surface area contributed by atoms with Gasteiger partial charge in [0.2, 0.25) is 0 Å². The van der Waals surface area contributed by atoms with Crippen molar-refractivity contribution in [2.45, 2.75) is 18.9 Å². The Bertz CT molecular complexity index is 536. The van der Waals surface area contributed by atoms with E-state index in [-0.39, 0.29) is 0 Å². The smallest absolute Gasteiger partial charge is 0.325 e. The van der Waals surface area contributed by atoms with Crippen LogP contribution in [0.15, 0.2) is 23.8 Å². The van der Waals surface area contributed by atoms with Crippen molar-refractivity contribution in [3.63, 3.8) is 0 Å². The Balaban J connectivity index is 2.09. The molecule has 1 unspecified atom stereocenters. The first-order chi connectivity index (χ1) is 8.16. The Morgan fingerprint density at radius 2 is 2.29 bits per heavy atom. The lowest BCUT2D eigenvalue weighted by Gasteiger charge is -2.23. The number of halogens is 1. The van der Waals surface area contributed by atoms with Gasteiger partial charge in [-0.2, -0.15) is 0 Å². The van der Waals surface area contributed by atoms with E-state index in [9.17, 15) is 9.90 Å². The molecular formula is C13H12ClNO2. The van der Waals surface area contributed by atoms with Crippen LogP contribution in [0, 0.1) is 0 Å². The molecule has 17 heavy (non-hydrogen) atoms. The summed E-state index contributed by atoms with van der Waals surface area (Å²) >= 11 is 6.00. The van der Waals surface area contributed by atoms with E-state index >= 15 is 0 Å². The van der Waals surface area contributed by atoms with Crippen LogP contribution < -0.4 is 5.32 Å². The second-order valence-electron chi connectivity index (χ2n) is 4.46. The fourth-order valence-electron chi connectivity index (χ4n) is 2.74. The third-order valence-electron chi connectivity index (χ3n) is 3.48. The molecule has 1 aliphatic carbocycles. The first kappa shape index (κ1) is 10.8. The molecule has 0 saturated carbocycles. The average Bonchev–Trinajstić information content (AvgIpc) is 2.66. The van der Waals surface area contributed by atoms with Crippen molar-refractivity contribution < 1.29 is 9.90 Å². The molecular weight excluding hydrogens is 238 g/mol. The van der Waals surface area contributed by atoms with Crippen LogP contribution in [0.1, 0.15) is 17.5 Å². The van der Waals surface area contributed by atoms with Gasteiger partial charge >= 0.3 is 5.97 Å². The number of aliphatic carboxylic acids is 1. The first-order valence-electron chi connectivity index (χ1n) is 5.63. The number of benzene rings is 1. The maximum Gasteiger partial charge on any atom is 0.325 e. The SMILES string of the molecule is O=C(O)C1NCCC2=C1Cc1ccc(Cl)cc12. The van der Waals surface area contributed by atoms with Crippen molar-refractivity contribution in [2.24, 2.45) is 0 Å². The summed E-state index contributed by atoms with van der Waals surface area (Å²) in [6, 6.07) is 5.27. The molecule has 2 aliphatic rings. The highest BCUT2D eigenvalue weighted by Gasteiger charge is 2.33. The molecule has 0 amide bonds. The normalized spacial score (nSPS) is 22.3. The van der Waals surface area contributed by atoms with Crippen LogP contribution in [0.3, 0.4) is 0 Å². The van der Waals surface area contributed by atoms with Crippen molar-refractivity contribution in [2.75, 3.05) is 6.54 Å². The van der Waals surface area contributed by atoms with Gasteiger partial charge in [-0.15, -0.1) is 0 Å². The molecule has 1 aromatic rings. The van der Waals surface area contributed by atoms with E-state index < -0.39 is 12.0 Å². The van der Waals surface area contributed by atoms with Crippen LogP contribution in [0.2, 0.25) is 5.02 Å². The van der Waals surface area contributed by atoms with E-state index in [4.69, 9.17) is 11.6 Å². The molecule has 88 valence electrons. The summed E-state index contributed by atoms with van der Waals surface area (Å²) in [5, 5.41) is 13.0. The van der Waals surface area contributed by atoms with Crippen molar-refractivity contribution in [3.8, 4) is 0 Å². The number of hydrogen-bond acceptors (Lipinski definition) is 2. The van der Waals surface area contributed by atoms with Gasteiger partial charge in [0.15, 0.2) is 0 Å². The van der Waals surface area contributed by atoms with Gasteiger partial charge in [-0.05, 0) is 47.2 Å². The van der Waals surface area contributed by atoms with E-state index in [2.05, 4.69) is 5.32 Å². The van der Waals surface area contributed by atoms with E-state index in [0.29, 0.717) is 11.6 Å². The molecule has 0 radical (unpaired) electrons. The number of fused-ring (bicyclic) bond motifs is 2. The quantitative estimate of drug-likeness (QED) is 0.801. The van der Waals surface area contributed by atoms with Gasteiger partial charge in [-0.25, -0.2) is 0 Å². The molecule has 0 fully saturated rings. The minimum absolute atomic E-state index is 0.537. The van der Waals surface area contributed by atoms with Crippen LogP contribution in [-0.4, -0.2) is 23.7 Å². The second-order valence-corrected chi connectivity index (χ2v) is 4.89. The van der Waals surface area contributed by atoms with Crippen LogP contribution in [0.4, 0.5) is 0 Å². The molecule has 0 saturated heterocycles. The lowest BCUT2D eigenvalue weighted by Crippen LogP contribution is -2.41. The summed E-state index contributed by atoms with van der Waals surface area (Å²) in [5.74, 6) is -0.795. The van der Waals surface area contributed by atoms with Gasteiger partial charge in [-0.1, -0.05) is 17.7 Å². The zero-order valence-corrected chi connectivity index (χ0v) is 9.92. The fraction of sp³-hybridized carbons (Fsp3) is 0.308. The molecule has 1 atom stereocenters. The topological polar surface area (TPSA) is 49.3 Å². The molecule has 1 aliphatic heterocycles. The van der Waals surface area contributed by atoms with Crippen molar-refractivity contribution in [3.05, 3.63) is 39.9 Å². The number of rotatable bonds is 1. The van der Waals surface area contributed by atoms with Gasteiger partial charge in [0.25, 0.3) is 0 Å². The molecule has 0 aromatic heterocycles. The molecule has 3 rings (SSSR count). The molecule has 3 nitrogen and oxygen atoms in total. The second kappa shape index (κ2) is 3.86. The molecule has 1 aromatic carbocycles.